The van der Waals surface area contributed by atoms with Crippen molar-refractivity contribution in [2.75, 3.05) is 18.9 Å². The van der Waals surface area contributed by atoms with Crippen molar-refractivity contribution >= 4 is 17.5 Å². The summed E-state index contributed by atoms with van der Waals surface area (Å²) in [5.41, 5.74) is 1.82. The molecule has 1 fully saturated rings. The summed E-state index contributed by atoms with van der Waals surface area (Å²) < 4.78 is 0. The van der Waals surface area contributed by atoms with E-state index >= 15 is 0 Å². The maximum Gasteiger partial charge on any atom is 0.236 e. The van der Waals surface area contributed by atoms with Gasteiger partial charge in [-0.25, -0.2) is 0 Å². The Hall–Kier alpha value is -1.88. The van der Waals surface area contributed by atoms with E-state index < -0.39 is 0 Å². The van der Waals surface area contributed by atoms with Gasteiger partial charge < -0.3 is 15.5 Å². The van der Waals surface area contributed by atoms with Gasteiger partial charge in [-0.05, 0) is 37.5 Å². The van der Waals surface area contributed by atoms with Crippen LogP contribution in [-0.2, 0) is 9.59 Å². The zero-order valence-electron chi connectivity index (χ0n) is 12.8. The minimum atomic E-state index is -0.0889. The van der Waals surface area contributed by atoms with Crippen LogP contribution >= 0.6 is 0 Å². The summed E-state index contributed by atoms with van der Waals surface area (Å²) in [4.78, 5) is 24.9. The first-order chi connectivity index (χ1) is 9.97. The molecule has 1 saturated carbocycles. The lowest BCUT2D eigenvalue weighted by Crippen LogP contribution is -2.37. The molecule has 0 saturated heterocycles. The lowest BCUT2D eigenvalue weighted by atomic mass is 10.1. The highest BCUT2D eigenvalue weighted by Crippen LogP contribution is 2.25. The van der Waals surface area contributed by atoms with Crippen molar-refractivity contribution in [3.8, 4) is 0 Å². The number of rotatable bonds is 6. The van der Waals surface area contributed by atoms with E-state index in [-0.39, 0.29) is 17.9 Å². The highest BCUT2D eigenvalue weighted by atomic mass is 16.2. The average molecular weight is 289 g/mol. The molecule has 0 bridgehead atoms. The Bertz CT molecular complexity index is 526. The predicted molar refractivity (Wildman–Crippen MR) is 83.0 cm³/mol. The number of benzene rings is 1. The summed E-state index contributed by atoms with van der Waals surface area (Å²) >= 11 is 0. The molecule has 2 amide bonds. The second-order valence-corrected chi connectivity index (χ2v) is 5.65. The van der Waals surface area contributed by atoms with E-state index in [1.165, 1.54) is 6.92 Å². The number of likely N-dealkylation sites (N-methyl/N-ethyl adjacent to an activating group) is 1. The predicted octanol–water partition coefficient (Wildman–Crippen LogP) is 1.92. The molecule has 1 aliphatic rings. The molecule has 1 unspecified atom stereocenters. The van der Waals surface area contributed by atoms with Crippen LogP contribution in [0.5, 0.6) is 0 Å². The molecule has 21 heavy (non-hydrogen) atoms. The van der Waals surface area contributed by atoms with Crippen LogP contribution in [0.15, 0.2) is 24.3 Å². The molecule has 1 atom stereocenters. The summed E-state index contributed by atoms with van der Waals surface area (Å²) in [6, 6.07) is 8.15. The normalized spacial score (nSPS) is 15.4. The largest absolute Gasteiger partial charge is 0.342 e. The van der Waals surface area contributed by atoms with E-state index in [1.54, 1.807) is 0 Å². The van der Waals surface area contributed by atoms with Crippen molar-refractivity contribution in [2.24, 2.45) is 0 Å². The van der Waals surface area contributed by atoms with Crippen LogP contribution in [0.2, 0.25) is 0 Å². The molecular formula is C16H23N3O2. The van der Waals surface area contributed by atoms with Gasteiger partial charge in [-0.2, -0.15) is 0 Å². The molecule has 1 aliphatic carbocycles. The van der Waals surface area contributed by atoms with Crippen molar-refractivity contribution in [3.05, 3.63) is 29.8 Å². The van der Waals surface area contributed by atoms with E-state index in [9.17, 15) is 9.59 Å². The number of nitrogens with zero attached hydrogens (tertiary/aromatic N) is 1. The number of hydrogen-bond donors (Lipinski definition) is 2. The zero-order chi connectivity index (χ0) is 15.4. The fourth-order valence-corrected chi connectivity index (χ4v) is 2.24. The van der Waals surface area contributed by atoms with Crippen LogP contribution < -0.4 is 10.6 Å². The van der Waals surface area contributed by atoms with Crippen LogP contribution in [0, 0.1) is 0 Å². The Morgan fingerprint density at radius 2 is 2.10 bits per heavy atom. The monoisotopic (exact) mass is 289 g/mol. The van der Waals surface area contributed by atoms with Gasteiger partial charge in [0.1, 0.15) is 0 Å². The quantitative estimate of drug-likeness (QED) is 0.841. The Morgan fingerprint density at radius 1 is 1.38 bits per heavy atom. The number of hydrogen-bond acceptors (Lipinski definition) is 3. The summed E-state index contributed by atoms with van der Waals surface area (Å²) in [6.45, 7) is 3.83. The summed E-state index contributed by atoms with van der Waals surface area (Å²) in [5.74, 6) is 0.0383. The highest BCUT2D eigenvalue weighted by Gasteiger charge is 2.29. The zero-order valence-corrected chi connectivity index (χ0v) is 12.8. The van der Waals surface area contributed by atoms with Crippen molar-refractivity contribution in [1.29, 1.82) is 0 Å². The third kappa shape index (κ3) is 4.56. The molecule has 114 valence electrons. The minimum absolute atomic E-state index is 0.0512. The topological polar surface area (TPSA) is 61.4 Å². The Morgan fingerprint density at radius 3 is 2.71 bits per heavy atom. The molecular weight excluding hydrogens is 266 g/mol. The minimum Gasteiger partial charge on any atom is -0.342 e. The number of amides is 2. The van der Waals surface area contributed by atoms with Crippen LogP contribution in [0.3, 0.4) is 0 Å². The van der Waals surface area contributed by atoms with Gasteiger partial charge in [-0.1, -0.05) is 12.1 Å². The maximum atomic E-state index is 12.0. The van der Waals surface area contributed by atoms with Crippen molar-refractivity contribution in [1.82, 2.24) is 10.2 Å². The Kier molecular flexibility index (Phi) is 4.96. The van der Waals surface area contributed by atoms with Gasteiger partial charge in [0.2, 0.25) is 11.8 Å². The molecule has 2 rings (SSSR count). The van der Waals surface area contributed by atoms with E-state index in [4.69, 9.17) is 0 Å². The maximum absolute atomic E-state index is 12.0. The van der Waals surface area contributed by atoms with Gasteiger partial charge >= 0.3 is 0 Å². The van der Waals surface area contributed by atoms with Crippen LogP contribution in [0.25, 0.3) is 0 Å². The van der Waals surface area contributed by atoms with E-state index in [0.717, 1.165) is 24.1 Å². The van der Waals surface area contributed by atoms with Crippen molar-refractivity contribution < 1.29 is 9.59 Å². The molecule has 5 heteroatoms. The van der Waals surface area contributed by atoms with Crippen LogP contribution in [0.4, 0.5) is 5.69 Å². The first-order valence-corrected chi connectivity index (χ1v) is 7.34. The molecule has 1 aromatic rings. The molecule has 1 aromatic carbocycles. The molecule has 0 heterocycles. The third-order valence-corrected chi connectivity index (χ3v) is 3.75. The standard InChI is InChI=1S/C16H23N3O2/c1-11(17-10-16(21)19(3)15-7-8-15)13-5-4-6-14(9-13)18-12(2)20/h4-6,9,11,15,17H,7-8,10H2,1-3H3,(H,18,20). The first-order valence-electron chi connectivity index (χ1n) is 7.34. The van der Waals surface area contributed by atoms with Gasteiger partial charge in [0, 0.05) is 31.7 Å². The second-order valence-electron chi connectivity index (χ2n) is 5.65. The fourth-order valence-electron chi connectivity index (χ4n) is 2.24. The lowest BCUT2D eigenvalue weighted by molar-refractivity contribution is -0.129. The molecule has 0 aromatic heterocycles. The molecule has 0 radical (unpaired) electrons. The third-order valence-electron chi connectivity index (χ3n) is 3.75. The van der Waals surface area contributed by atoms with E-state index in [1.807, 2.05) is 43.1 Å². The molecule has 2 N–H and O–H groups in total. The van der Waals surface area contributed by atoms with Gasteiger partial charge in [-0.15, -0.1) is 0 Å². The summed E-state index contributed by atoms with van der Waals surface area (Å²) in [7, 11) is 1.86. The van der Waals surface area contributed by atoms with Crippen molar-refractivity contribution in [3.63, 3.8) is 0 Å². The van der Waals surface area contributed by atoms with Gasteiger partial charge in [0.05, 0.1) is 6.54 Å². The number of anilines is 1. The number of carbonyl (C=O) groups excluding carboxylic acids is 2. The average Bonchev–Trinajstić information content (AvgIpc) is 3.27. The van der Waals surface area contributed by atoms with Crippen LogP contribution in [0.1, 0.15) is 38.3 Å². The number of nitrogens with one attached hydrogen (secondary N) is 2. The Labute approximate surface area is 125 Å². The van der Waals surface area contributed by atoms with Gasteiger partial charge in [-0.3, -0.25) is 9.59 Å². The summed E-state index contributed by atoms with van der Waals surface area (Å²) in [6.07, 6.45) is 2.24. The molecule has 0 aliphatic heterocycles. The number of carbonyl (C=O) groups is 2. The van der Waals surface area contributed by atoms with E-state index in [2.05, 4.69) is 10.6 Å². The SMILES string of the molecule is CC(=O)Nc1cccc(C(C)NCC(=O)N(C)C2CC2)c1. The smallest absolute Gasteiger partial charge is 0.236 e. The Balaban J connectivity index is 1.88. The lowest BCUT2D eigenvalue weighted by Gasteiger charge is -2.19. The fraction of sp³-hybridized carbons (Fsp3) is 0.500. The van der Waals surface area contributed by atoms with Gasteiger partial charge in [0.25, 0.3) is 0 Å². The van der Waals surface area contributed by atoms with Crippen LogP contribution in [-0.4, -0.2) is 36.3 Å². The van der Waals surface area contributed by atoms with E-state index in [0.29, 0.717) is 12.6 Å². The molecule has 0 spiro atoms. The van der Waals surface area contributed by atoms with Gasteiger partial charge in [0.15, 0.2) is 0 Å². The molecule has 5 nitrogen and oxygen atoms in total. The summed E-state index contributed by atoms with van der Waals surface area (Å²) in [5, 5.41) is 6.00. The first kappa shape index (κ1) is 15.5. The highest BCUT2D eigenvalue weighted by molar-refractivity contribution is 5.88. The van der Waals surface area contributed by atoms with Crippen molar-refractivity contribution in [2.45, 2.75) is 38.8 Å². The second kappa shape index (κ2) is 6.72.